The van der Waals surface area contributed by atoms with Crippen molar-refractivity contribution in [1.29, 1.82) is 0 Å². The van der Waals surface area contributed by atoms with E-state index in [0.717, 1.165) is 32.3 Å². The highest BCUT2D eigenvalue weighted by Crippen LogP contribution is 2.29. The molecule has 3 aromatic carbocycles. The normalized spacial score (nSPS) is 10.9. The third kappa shape index (κ3) is 4.50. The SMILES string of the molecule is Brc1ccc2c(c1)ncn2-c1ccc(OCc2ccccc2)nc1OCc1ccccc1. The Morgan fingerprint density at radius 1 is 0.750 bits per heavy atom. The summed E-state index contributed by atoms with van der Waals surface area (Å²) < 4.78 is 15.1. The van der Waals surface area contributed by atoms with Gasteiger partial charge in [0, 0.05) is 10.5 Å². The lowest BCUT2D eigenvalue weighted by Gasteiger charge is -2.14. The summed E-state index contributed by atoms with van der Waals surface area (Å²) in [4.78, 5) is 9.21. The van der Waals surface area contributed by atoms with Crippen molar-refractivity contribution < 1.29 is 9.47 Å². The molecule has 0 bridgehead atoms. The Morgan fingerprint density at radius 3 is 2.16 bits per heavy atom. The lowest BCUT2D eigenvalue weighted by molar-refractivity contribution is 0.267. The number of hydrogen-bond acceptors (Lipinski definition) is 4. The fourth-order valence-electron chi connectivity index (χ4n) is 3.42. The van der Waals surface area contributed by atoms with Crippen LogP contribution in [0.15, 0.2) is 102 Å². The van der Waals surface area contributed by atoms with Gasteiger partial charge in [0.2, 0.25) is 11.8 Å². The fourth-order valence-corrected chi connectivity index (χ4v) is 3.77. The molecule has 0 amide bonds. The van der Waals surface area contributed by atoms with Crippen molar-refractivity contribution in [3.63, 3.8) is 0 Å². The van der Waals surface area contributed by atoms with Gasteiger partial charge in [-0.1, -0.05) is 76.6 Å². The van der Waals surface area contributed by atoms with Gasteiger partial charge in [-0.05, 0) is 35.4 Å². The average molecular weight is 486 g/mol. The van der Waals surface area contributed by atoms with Crippen LogP contribution in [-0.4, -0.2) is 14.5 Å². The van der Waals surface area contributed by atoms with E-state index in [-0.39, 0.29) is 0 Å². The van der Waals surface area contributed by atoms with Crippen LogP contribution in [0.1, 0.15) is 11.1 Å². The fraction of sp³-hybridized carbons (Fsp3) is 0.0769. The second-order valence-electron chi connectivity index (χ2n) is 7.27. The Morgan fingerprint density at radius 2 is 1.44 bits per heavy atom. The Labute approximate surface area is 194 Å². The van der Waals surface area contributed by atoms with Crippen molar-refractivity contribution >= 4 is 27.0 Å². The Balaban J connectivity index is 1.48. The van der Waals surface area contributed by atoms with Crippen LogP contribution in [0.25, 0.3) is 16.7 Å². The van der Waals surface area contributed by atoms with Crippen LogP contribution in [0, 0.1) is 0 Å². The number of imidazole rings is 1. The van der Waals surface area contributed by atoms with E-state index < -0.39 is 0 Å². The molecular formula is C26H20BrN3O2. The molecular weight excluding hydrogens is 466 g/mol. The third-order valence-corrected chi connectivity index (χ3v) is 5.52. The standard InChI is InChI=1S/C26H20BrN3O2/c27-21-11-12-23-22(15-21)28-18-30(23)24-13-14-25(31-16-19-7-3-1-4-8-19)29-26(24)32-17-20-9-5-2-6-10-20/h1-15,18H,16-17H2. The second-order valence-corrected chi connectivity index (χ2v) is 8.19. The number of hydrogen-bond donors (Lipinski definition) is 0. The number of benzene rings is 3. The number of nitrogens with zero attached hydrogens (tertiary/aromatic N) is 3. The minimum Gasteiger partial charge on any atom is -0.473 e. The number of halogens is 1. The minimum atomic E-state index is 0.404. The molecule has 0 unspecified atom stereocenters. The monoisotopic (exact) mass is 485 g/mol. The van der Waals surface area contributed by atoms with Crippen LogP contribution < -0.4 is 9.47 Å². The van der Waals surface area contributed by atoms with Crippen molar-refractivity contribution in [2.75, 3.05) is 0 Å². The zero-order valence-electron chi connectivity index (χ0n) is 17.2. The first-order valence-corrected chi connectivity index (χ1v) is 11.0. The third-order valence-electron chi connectivity index (χ3n) is 5.03. The molecule has 0 aliphatic rings. The molecule has 0 fully saturated rings. The topological polar surface area (TPSA) is 49.2 Å². The van der Waals surface area contributed by atoms with E-state index in [4.69, 9.17) is 9.47 Å². The molecule has 0 aliphatic carbocycles. The maximum atomic E-state index is 6.16. The van der Waals surface area contributed by atoms with Crippen LogP contribution in [0.3, 0.4) is 0 Å². The molecule has 0 saturated carbocycles. The lowest BCUT2D eigenvalue weighted by Crippen LogP contribution is -2.05. The molecule has 0 N–H and O–H groups in total. The van der Waals surface area contributed by atoms with E-state index in [9.17, 15) is 0 Å². The van der Waals surface area contributed by atoms with Gasteiger partial charge in [-0.2, -0.15) is 4.98 Å². The highest BCUT2D eigenvalue weighted by atomic mass is 79.9. The summed E-state index contributed by atoms with van der Waals surface area (Å²) in [5.74, 6) is 0.995. The first-order chi connectivity index (χ1) is 15.8. The first kappa shape index (κ1) is 20.3. The van der Waals surface area contributed by atoms with E-state index in [1.807, 2.05) is 95.6 Å². The van der Waals surface area contributed by atoms with E-state index in [0.29, 0.717) is 25.0 Å². The van der Waals surface area contributed by atoms with Crippen LogP contribution >= 0.6 is 15.9 Å². The molecule has 2 aromatic heterocycles. The van der Waals surface area contributed by atoms with Gasteiger partial charge in [0.05, 0.1) is 11.0 Å². The molecule has 32 heavy (non-hydrogen) atoms. The number of pyridine rings is 1. The summed E-state index contributed by atoms with van der Waals surface area (Å²) in [6, 6.07) is 29.9. The Bertz CT molecular complexity index is 1340. The smallest absolute Gasteiger partial charge is 0.242 e. The molecule has 6 heteroatoms. The summed E-state index contributed by atoms with van der Waals surface area (Å²) in [6.07, 6.45) is 1.79. The predicted octanol–water partition coefficient (Wildman–Crippen LogP) is 6.34. The van der Waals surface area contributed by atoms with Crippen molar-refractivity contribution in [1.82, 2.24) is 14.5 Å². The molecule has 0 aliphatic heterocycles. The first-order valence-electron chi connectivity index (χ1n) is 10.2. The van der Waals surface area contributed by atoms with Crippen LogP contribution in [0.2, 0.25) is 0 Å². The van der Waals surface area contributed by atoms with Gasteiger partial charge in [0.1, 0.15) is 25.2 Å². The van der Waals surface area contributed by atoms with Gasteiger partial charge >= 0.3 is 0 Å². The molecule has 5 rings (SSSR count). The average Bonchev–Trinajstić information content (AvgIpc) is 3.25. The minimum absolute atomic E-state index is 0.404. The second kappa shape index (κ2) is 9.24. The lowest BCUT2D eigenvalue weighted by atomic mass is 10.2. The van der Waals surface area contributed by atoms with Crippen LogP contribution in [-0.2, 0) is 13.2 Å². The summed E-state index contributed by atoms with van der Waals surface area (Å²) in [5.41, 5.74) is 4.81. The van der Waals surface area contributed by atoms with Gasteiger partial charge < -0.3 is 9.47 Å². The quantitative estimate of drug-likeness (QED) is 0.269. The molecule has 5 nitrogen and oxygen atoms in total. The number of ether oxygens (including phenoxy) is 2. The van der Waals surface area contributed by atoms with E-state index in [1.165, 1.54) is 0 Å². The van der Waals surface area contributed by atoms with Crippen molar-refractivity contribution in [3.05, 3.63) is 113 Å². The van der Waals surface area contributed by atoms with Crippen LogP contribution in [0.4, 0.5) is 0 Å². The maximum Gasteiger partial charge on any atom is 0.242 e. The largest absolute Gasteiger partial charge is 0.473 e. The van der Waals surface area contributed by atoms with Gasteiger partial charge in [0.15, 0.2) is 0 Å². The molecule has 2 heterocycles. The maximum absolute atomic E-state index is 6.16. The van der Waals surface area contributed by atoms with Crippen molar-refractivity contribution in [3.8, 4) is 17.4 Å². The van der Waals surface area contributed by atoms with E-state index in [2.05, 4.69) is 25.9 Å². The van der Waals surface area contributed by atoms with Crippen molar-refractivity contribution in [2.45, 2.75) is 13.2 Å². The molecule has 158 valence electrons. The van der Waals surface area contributed by atoms with Gasteiger partial charge in [-0.3, -0.25) is 4.57 Å². The predicted molar refractivity (Wildman–Crippen MR) is 128 cm³/mol. The molecule has 5 aromatic rings. The van der Waals surface area contributed by atoms with Crippen molar-refractivity contribution in [2.24, 2.45) is 0 Å². The van der Waals surface area contributed by atoms with Gasteiger partial charge in [0.25, 0.3) is 0 Å². The summed E-state index contributed by atoms with van der Waals surface area (Å²) in [7, 11) is 0. The zero-order chi connectivity index (χ0) is 21.8. The zero-order valence-corrected chi connectivity index (χ0v) is 18.8. The molecule has 0 saturated heterocycles. The van der Waals surface area contributed by atoms with E-state index >= 15 is 0 Å². The summed E-state index contributed by atoms with van der Waals surface area (Å²) >= 11 is 3.51. The molecule has 0 spiro atoms. The highest BCUT2D eigenvalue weighted by molar-refractivity contribution is 9.10. The van der Waals surface area contributed by atoms with Gasteiger partial charge in [-0.25, -0.2) is 4.98 Å². The summed E-state index contributed by atoms with van der Waals surface area (Å²) in [6.45, 7) is 0.842. The van der Waals surface area contributed by atoms with Crippen LogP contribution in [0.5, 0.6) is 11.8 Å². The van der Waals surface area contributed by atoms with E-state index in [1.54, 1.807) is 6.33 Å². The number of aromatic nitrogens is 3. The highest BCUT2D eigenvalue weighted by Gasteiger charge is 2.14. The number of fused-ring (bicyclic) bond motifs is 1. The Kier molecular flexibility index (Phi) is 5.85. The van der Waals surface area contributed by atoms with Gasteiger partial charge in [-0.15, -0.1) is 0 Å². The summed E-state index contributed by atoms with van der Waals surface area (Å²) in [5, 5.41) is 0. The Hall–Kier alpha value is -3.64. The molecule has 0 atom stereocenters. The molecule has 0 radical (unpaired) electrons. The number of rotatable bonds is 7.